The van der Waals surface area contributed by atoms with Crippen LogP contribution in [0.5, 0.6) is 5.75 Å². The van der Waals surface area contributed by atoms with Gasteiger partial charge in [0.2, 0.25) is 0 Å². The Morgan fingerprint density at radius 2 is 2.18 bits per heavy atom. The van der Waals surface area contributed by atoms with Crippen LogP contribution in [0.1, 0.15) is 11.1 Å². The molecule has 0 bridgehead atoms. The highest BCUT2D eigenvalue weighted by atomic mass is 19.4. The number of halogens is 3. The number of aromatic nitrogens is 1. The lowest BCUT2D eigenvalue weighted by Gasteiger charge is -2.15. The van der Waals surface area contributed by atoms with Gasteiger partial charge in [-0.3, -0.25) is 4.79 Å². The topological polar surface area (TPSA) is 85.4 Å². The van der Waals surface area contributed by atoms with E-state index in [1.54, 1.807) is 0 Å². The van der Waals surface area contributed by atoms with Gasteiger partial charge in [0.1, 0.15) is 11.6 Å². The average Bonchev–Trinajstić information content (AvgIpc) is 2.15. The van der Waals surface area contributed by atoms with Crippen LogP contribution in [0.25, 0.3) is 0 Å². The molecule has 0 saturated carbocycles. The van der Waals surface area contributed by atoms with Crippen molar-refractivity contribution < 1.29 is 27.8 Å². The summed E-state index contributed by atoms with van der Waals surface area (Å²) >= 11 is 0. The molecule has 1 rings (SSSR count). The zero-order valence-corrected chi connectivity index (χ0v) is 8.71. The van der Waals surface area contributed by atoms with Crippen LogP contribution in [0.4, 0.5) is 19.0 Å². The number of alkyl halides is 3. The molecule has 0 amide bonds. The summed E-state index contributed by atoms with van der Waals surface area (Å²) in [5.41, 5.74) is 5.12. The van der Waals surface area contributed by atoms with E-state index in [1.165, 1.54) is 6.92 Å². The summed E-state index contributed by atoms with van der Waals surface area (Å²) in [6, 6.07) is 0. The van der Waals surface area contributed by atoms with E-state index in [2.05, 4.69) is 9.72 Å². The Labute approximate surface area is 94.0 Å². The minimum Gasteiger partial charge on any atom is -0.481 e. The molecular formula is C9H9F3N2O3. The van der Waals surface area contributed by atoms with Crippen molar-refractivity contribution in [3.63, 3.8) is 0 Å². The van der Waals surface area contributed by atoms with Gasteiger partial charge in [-0.05, 0) is 6.92 Å². The standard InChI is InChI=1S/C9H9F3N2O3/c1-4-3-14-8(13)5(2-6(15)16)7(4)17-9(10,11)12/h3H,2H2,1H3,(H2,13,14)(H,15,16). The second-order valence-electron chi connectivity index (χ2n) is 3.25. The molecule has 5 nitrogen and oxygen atoms in total. The fourth-order valence-electron chi connectivity index (χ4n) is 1.24. The summed E-state index contributed by atoms with van der Waals surface area (Å²) in [7, 11) is 0. The molecule has 1 heterocycles. The third-order valence-corrected chi connectivity index (χ3v) is 1.88. The molecule has 0 unspecified atom stereocenters. The van der Waals surface area contributed by atoms with Gasteiger partial charge in [-0.1, -0.05) is 0 Å². The number of carbonyl (C=O) groups is 1. The molecule has 0 aliphatic rings. The third kappa shape index (κ3) is 3.51. The van der Waals surface area contributed by atoms with Crippen LogP contribution in [0.3, 0.4) is 0 Å². The fourth-order valence-corrected chi connectivity index (χ4v) is 1.24. The van der Waals surface area contributed by atoms with Crippen molar-refractivity contribution in [3.05, 3.63) is 17.3 Å². The number of aliphatic carboxylic acids is 1. The number of anilines is 1. The van der Waals surface area contributed by atoms with E-state index in [1.807, 2.05) is 0 Å². The van der Waals surface area contributed by atoms with Gasteiger partial charge in [-0.2, -0.15) is 0 Å². The van der Waals surface area contributed by atoms with Crippen molar-refractivity contribution in [1.29, 1.82) is 0 Å². The number of ether oxygens (including phenoxy) is 1. The van der Waals surface area contributed by atoms with Crippen molar-refractivity contribution in [3.8, 4) is 5.75 Å². The molecule has 94 valence electrons. The molecule has 0 radical (unpaired) electrons. The maximum Gasteiger partial charge on any atom is 0.573 e. The number of aryl methyl sites for hydroxylation is 1. The maximum atomic E-state index is 12.1. The van der Waals surface area contributed by atoms with Crippen LogP contribution < -0.4 is 10.5 Å². The number of pyridine rings is 1. The lowest BCUT2D eigenvalue weighted by molar-refractivity contribution is -0.275. The molecule has 3 N–H and O–H groups in total. The minimum atomic E-state index is -4.91. The van der Waals surface area contributed by atoms with Gasteiger partial charge in [0, 0.05) is 17.3 Å². The van der Waals surface area contributed by atoms with E-state index >= 15 is 0 Å². The molecule has 0 spiro atoms. The second kappa shape index (κ2) is 4.48. The van der Waals surface area contributed by atoms with Gasteiger partial charge in [0.15, 0.2) is 0 Å². The lowest BCUT2D eigenvalue weighted by atomic mass is 10.1. The van der Waals surface area contributed by atoms with E-state index in [-0.39, 0.29) is 16.9 Å². The SMILES string of the molecule is Cc1cnc(N)c(CC(=O)O)c1OC(F)(F)F. The Kier molecular flexibility index (Phi) is 3.45. The summed E-state index contributed by atoms with van der Waals surface area (Å²) in [5.74, 6) is -2.22. The van der Waals surface area contributed by atoms with Gasteiger partial charge in [-0.15, -0.1) is 13.2 Å². The van der Waals surface area contributed by atoms with Crippen LogP contribution in [0, 0.1) is 6.92 Å². The first-order valence-electron chi connectivity index (χ1n) is 4.42. The molecule has 0 atom stereocenters. The van der Waals surface area contributed by atoms with Crippen molar-refractivity contribution in [2.24, 2.45) is 0 Å². The Bertz CT molecular complexity index is 446. The van der Waals surface area contributed by atoms with E-state index in [9.17, 15) is 18.0 Å². The number of hydrogen-bond donors (Lipinski definition) is 2. The molecule has 17 heavy (non-hydrogen) atoms. The van der Waals surface area contributed by atoms with Gasteiger partial charge >= 0.3 is 12.3 Å². The van der Waals surface area contributed by atoms with Crippen molar-refractivity contribution in [2.75, 3.05) is 5.73 Å². The van der Waals surface area contributed by atoms with Crippen LogP contribution in [-0.4, -0.2) is 22.4 Å². The van der Waals surface area contributed by atoms with E-state index < -0.39 is 24.5 Å². The highest BCUT2D eigenvalue weighted by Gasteiger charge is 2.33. The molecule has 1 aromatic heterocycles. The van der Waals surface area contributed by atoms with E-state index in [0.717, 1.165) is 6.20 Å². The first-order chi connectivity index (χ1) is 7.70. The number of carboxylic acids is 1. The normalized spacial score (nSPS) is 11.3. The van der Waals surface area contributed by atoms with Crippen LogP contribution in [0.15, 0.2) is 6.20 Å². The van der Waals surface area contributed by atoms with Gasteiger partial charge in [-0.25, -0.2) is 4.98 Å². The molecule has 0 fully saturated rings. The monoisotopic (exact) mass is 250 g/mol. The number of nitrogens with zero attached hydrogens (tertiary/aromatic N) is 1. The summed E-state index contributed by atoms with van der Waals surface area (Å²) in [6.45, 7) is 1.32. The molecule has 1 aromatic rings. The first-order valence-corrected chi connectivity index (χ1v) is 4.42. The summed E-state index contributed by atoms with van der Waals surface area (Å²) in [6.07, 6.45) is -4.51. The zero-order chi connectivity index (χ0) is 13.2. The first kappa shape index (κ1) is 13.1. The van der Waals surface area contributed by atoms with Crippen molar-refractivity contribution >= 4 is 11.8 Å². The van der Waals surface area contributed by atoms with E-state index in [0.29, 0.717) is 0 Å². The number of hydrogen-bond acceptors (Lipinski definition) is 4. The quantitative estimate of drug-likeness (QED) is 0.848. The van der Waals surface area contributed by atoms with Crippen molar-refractivity contribution in [2.45, 2.75) is 19.7 Å². The second-order valence-corrected chi connectivity index (χ2v) is 3.25. The average molecular weight is 250 g/mol. The van der Waals surface area contributed by atoms with Gasteiger partial charge in [0.05, 0.1) is 6.42 Å². The maximum absolute atomic E-state index is 12.1. The zero-order valence-electron chi connectivity index (χ0n) is 8.71. The summed E-state index contributed by atoms with van der Waals surface area (Å²) in [4.78, 5) is 14.1. The van der Waals surface area contributed by atoms with Crippen LogP contribution in [0.2, 0.25) is 0 Å². The molecular weight excluding hydrogens is 241 g/mol. The molecule has 0 aromatic carbocycles. The number of nitrogens with two attached hydrogens (primary N) is 1. The predicted molar refractivity (Wildman–Crippen MR) is 51.4 cm³/mol. The number of carboxylic acid groups (broad SMARTS) is 1. The van der Waals surface area contributed by atoms with Gasteiger partial charge in [0.25, 0.3) is 0 Å². The molecule has 0 aliphatic carbocycles. The Morgan fingerprint density at radius 3 is 2.65 bits per heavy atom. The Hall–Kier alpha value is -1.99. The summed E-state index contributed by atoms with van der Waals surface area (Å²) in [5, 5.41) is 8.58. The van der Waals surface area contributed by atoms with Gasteiger partial charge < -0.3 is 15.6 Å². The Morgan fingerprint density at radius 1 is 1.59 bits per heavy atom. The summed E-state index contributed by atoms with van der Waals surface area (Å²) < 4.78 is 40.2. The minimum absolute atomic E-state index is 0.0628. The van der Waals surface area contributed by atoms with E-state index in [4.69, 9.17) is 10.8 Å². The van der Waals surface area contributed by atoms with Crippen LogP contribution >= 0.6 is 0 Å². The van der Waals surface area contributed by atoms with Crippen molar-refractivity contribution in [1.82, 2.24) is 4.98 Å². The highest BCUT2D eigenvalue weighted by molar-refractivity contribution is 5.74. The highest BCUT2D eigenvalue weighted by Crippen LogP contribution is 2.32. The Balaban J connectivity index is 3.24. The molecule has 0 aliphatic heterocycles. The largest absolute Gasteiger partial charge is 0.573 e. The third-order valence-electron chi connectivity index (χ3n) is 1.88. The van der Waals surface area contributed by atoms with Crippen LogP contribution in [-0.2, 0) is 11.2 Å². The lowest BCUT2D eigenvalue weighted by Crippen LogP contribution is -2.20. The fraction of sp³-hybridized carbons (Fsp3) is 0.333. The number of nitrogen functional groups attached to an aromatic ring is 1. The molecule has 8 heteroatoms. The number of rotatable bonds is 3. The molecule has 0 saturated heterocycles. The smallest absolute Gasteiger partial charge is 0.481 e. The predicted octanol–water partition coefficient (Wildman–Crippen LogP) is 1.50.